The van der Waals surface area contributed by atoms with E-state index in [2.05, 4.69) is 29.2 Å². The van der Waals surface area contributed by atoms with Gasteiger partial charge in [0.2, 0.25) is 0 Å². The summed E-state index contributed by atoms with van der Waals surface area (Å²) < 4.78 is 5.05. The zero-order chi connectivity index (χ0) is 12.3. The predicted molar refractivity (Wildman–Crippen MR) is 65.0 cm³/mol. The van der Waals surface area contributed by atoms with Crippen molar-refractivity contribution >= 4 is 5.91 Å². The summed E-state index contributed by atoms with van der Waals surface area (Å²) in [5.74, 6) is 0.230. The lowest BCUT2D eigenvalue weighted by atomic mass is 10.2. The average molecular weight is 237 g/mol. The first kappa shape index (κ1) is 12.1. The van der Waals surface area contributed by atoms with Crippen LogP contribution in [0, 0.1) is 0 Å². The number of carbonyl (C=O) groups excluding carboxylic acids is 1. The highest BCUT2D eigenvalue weighted by molar-refractivity contribution is 5.91. The topological polar surface area (TPSA) is 48.7 Å². The summed E-state index contributed by atoms with van der Waals surface area (Å²) in [6.07, 6.45) is 1.51. The normalized spacial score (nSPS) is 22.6. The second-order valence-electron chi connectivity index (χ2n) is 4.58. The summed E-state index contributed by atoms with van der Waals surface area (Å²) in [5.41, 5.74) is 0. The molecular formula is C12H19N3O2. The Morgan fingerprint density at radius 3 is 3.06 bits per heavy atom. The molecular weight excluding hydrogens is 218 g/mol. The van der Waals surface area contributed by atoms with E-state index in [1.807, 2.05) is 0 Å². The van der Waals surface area contributed by atoms with Crippen LogP contribution in [0.2, 0.25) is 0 Å². The van der Waals surface area contributed by atoms with Gasteiger partial charge >= 0.3 is 0 Å². The molecule has 0 aliphatic carbocycles. The SMILES string of the molecule is CN1CCN(C)C(CNC(=O)c2ccco2)C1. The molecule has 1 aliphatic heterocycles. The van der Waals surface area contributed by atoms with Crippen molar-refractivity contribution in [3.05, 3.63) is 24.2 Å². The Kier molecular flexibility index (Phi) is 3.81. The highest BCUT2D eigenvalue weighted by atomic mass is 16.3. The number of likely N-dealkylation sites (N-methyl/N-ethyl adjacent to an activating group) is 2. The molecule has 1 aromatic rings. The van der Waals surface area contributed by atoms with Crippen molar-refractivity contribution < 1.29 is 9.21 Å². The van der Waals surface area contributed by atoms with Crippen molar-refractivity contribution in [3.63, 3.8) is 0 Å². The molecule has 5 nitrogen and oxygen atoms in total. The summed E-state index contributed by atoms with van der Waals surface area (Å²) in [4.78, 5) is 16.3. The van der Waals surface area contributed by atoms with Crippen molar-refractivity contribution in [3.8, 4) is 0 Å². The van der Waals surface area contributed by atoms with Gasteiger partial charge in [0, 0.05) is 32.2 Å². The minimum Gasteiger partial charge on any atom is -0.459 e. The van der Waals surface area contributed by atoms with Gasteiger partial charge in [-0.25, -0.2) is 0 Å². The van der Waals surface area contributed by atoms with E-state index in [1.165, 1.54) is 6.26 Å². The Morgan fingerprint density at radius 2 is 2.35 bits per heavy atom. The number of piperazine rings is 1. The maximum atomic E-state index is 11.7. The van der Waals surface area contributed by atoms with Gasteiger partial charge in [-0.1, -0.05) is 0 Å². The van der Waals surface area contributed by atoms with Gasteiger partial charge in [0.15, 0.2) is 5.76 Å². The second kappa shape index (κ2) is 5.33. The molecule has 1 atom stereocenters. The lowest BCUT2D eigenvalue weighted by molar-refractivity contribution is 0.0857. The van der Waals surface area contributed by atoms with Gasteiger partial charge < -0.3 is 14.6 Å². The molecule has 1 fully saturated rings. The first-order valence-electron chi connectivity index (χ1n) is 5.87. The zero-order valence-corrected chi connectivity index (χ0v) is 10.3. The first-order valence-corrected chi connectivity index (χ1v) is 5.87. The van der Waals surface area contributed by atoms with Gasteiger partial charge in [-0.2, -0.15) is 0 Å². The van der Waals surface area contributed by atoms with Crippen LogP contribution in [0.15, 0.2) is 22.8 Å². The van der Waals surface area contributed by atoms with Crippen molar-refractivity contribution in [1.29, 1.82) is 0 Å². The Bertz CT molecular complexity index is 364. The Hall–Kier alpha value is -1.33. The van der Waals surface area contributed by atoms with Gasteiger partial charge in [0.1, 0.15) is 0 Å². The fraction of sp³-hybridized carbons (Fsp3) is 0.583. The third kappa shape index (κ3) is 3.08. The minimum absolute atomic E-state index is 0.142. The summed E-state index contributed by atoms with van der Waals surface area (Å²) in [5, 5.41) is 2.90. The molecule has 0 aromatic carbocycles. The van der Waals surface area contributed by atoms with Crippen LogP contribution in [0.25, 0.3) is 0 Å². The molecule has 1 aromatic heterocycles. The van der Waals surface area contributed by atoms with E-state index in [0.717, 1.165) is 19.6 Å². The molecule has 94 valence electrons. The zero-order valence-electron chi connectivity index (χ0n) is 10.3. The molecule has 0 bridgehead atoms. The Morgan fingerprint density at radius 1 is 1.53 bits per heavy atom. The maximum absolute atomic E-state index is 11.7. The van der Waals surface area contributed by atoms with E-state index in [1.54, 1.807) is 12.1 Å². The smallest absolute Gasteiger partial charge is 0.287 e. The number of nitrogens with zero attached hydrogens (tertiary/aromatic N) is 2. The van der Waals surface area contributed by atoms with Crippen LogP contribution in [-0.4, -0.2) is 62.0 Å². The lowest BCUT2D eigenvalue weighted by Gasteiger charge is -2.37. The third-order valence-electron chi connectivity index (χ3n) is 3.22. The number of carbonyl (C=O) groups is 1. The van der Waals surface area contributed by atoms with E-state index < -0.39 is 0 Å². The lowest BCUT2D eigenvalue weighted by Crippen LogP contribution is -2.54. The van der Waals surface area contributed by atoms with Crippen LogP contribution in [0.5, 0.6) is 0 Å². The quantitative estimate of drug-likeness (QED) is 0.819. The van der Waals surface area contributed by atoms with Gasteiger partial charge in [0.05, 0.1) is 6.26 Å². The monoisotopic (exact) mass is 237 g/mol. The molecule has 5 heteroatoms. The number of hydrogen-bond acceptors (Lipinski definition) is 4. The van der Waals surface area contributed by atoms with Crippen LogP contribution in [0.4, 0.5) is 0 Å². The highest BCUT2D eigenvalue weighted by Crippen LogP contribution is 2.05. The van der Waals surface area contributed by atoms with Gasteiger partial charge in [-0.05, 0) is 26.2 Å². The maximum Gasteiger partial charge on any atom is 0.287 e. The fourth-order valence-electron chi connectivity index (χ4n) is 2.03. The number of nitrogens with one attached hydrogen (secondary N) is 1. The Balaban J connectivity index is 1.83. The summed E-state index contributed by atoms with van der Waals surface area (Å²) in [6, 6.07) is 3.76. The molecule has 1 aliphatic rings. The van der Waals surface area contributed by atoms with Crippen LogP contribution in [0.1, 0.15) is 10.6 Å². The summed E-state index contributed by atoms with van der Waals surface area (Å²) in [6.45, 7) is 3.76. The van der Waals surface area contributed by atoms with Crippen molar-refractivity contribution in [2.24, 2.45) is 0 Å². The third-order valence-corrected chi connectivity index (χ3v) is 3.22. The van der Waals surface area contributed by atoms with E-state index in [4.69, 9.17) is 4.42 Å². The molecule has 1 unspecified atom stereocenters. The minimum atomic E-state index is -0.142. The van der Waals surface area contributed by atoms with Gasteiger partial charge in [-0.15, -0.1) is 0 Å². The molecule has 0 saturated carbocycles. The number of furan rings is 1. The van der Waals surface area contributed by atoms with Crippen LogP contribution < -0.4 is 5.32 Å². The summed E-state index contributed by atoms with van der Waals surface area (Å²) >= 11 is 0. The van der Waals surface area contributed by atoms with E-state index in [9.17, 15) is 4.79 Å². The van der Waals surface area contributed by atoms with Crippen LogP contribution in [0.3, 0.4) is 0 Å². The molecule has 1 saturated heterocycles. The van der Waals surface area contributed by atoms with Crippen LogP contribution >= 0.6 is 0 Å². The molecule has 2 heterocycles. The van der Waals surface area contributed by atoms with Crippen molar-refractivity contribution in [2.75, 3.05) is 40.3 Å². The molecule has 1 N–H and O–H groups in total. The van der Waals surface area contributed by atoms with E-state index in [0.29, 0.717) is 18.3 Å². The fourth-order valence-corrected chi connectivity index (χ4v) is 2.03. The van der Waals surface area contributed by atoms with E-state index in [-0.39, 0.29) is 5.91 Å². The largest absolute Gasteiger partial charge is 0.459 e. The van der Waals surface area contributed by atoms with Crippen molar-refractivity contribution in [2.45, 2.75) is 6.04 Å². The number of amides is 1. The standard InChI is InChI=1S/C12H19N3O2/c1-14-5-6-15(2)10(9-14)8-13-12(16)11-4-3-7-17-11/h3-4,7,10H,5-6,8-9H2,1-2H3,(H,13,16). The highest BCUT2D eigenvalue weighted by Gasteiger charge is 2.22. The number of hydrogen-bond donors (Lipinski definition) is 1. The molecule has 1 amide bonds. The first-order chi connectivity index (χ1) is 8.16. The second-order valence-corrected chi connectivity index (χ2v) is 4.58. The number of rotatable bonds is 3. The van der Waals surface area contributed by atoms with Crippen LogP contribution in [-0.2, 0) is 0 Å². The molecule has 17 heavy (non-hydrogen) atoms. The van der Waals surface area contributed by atoms with Gasteiger partial charge in [0.25, 0.3) is 5.91 Å². The van der Waals surface area contributed by atoms with Gasteiger partial charge in [-0.3, -0.25) is 9.69 Å². The average Bonchev–Trinajstić information content (AvgIpc) is 2.83. The van der Waals surface area contributed by atoms with Crippen molar-refractivity contribution in [1.82, 2.24) is 15.1 Å². The molecule has 0 spiro atoms. The molecule has 0 radical (unpaired) electrons. The Labute approximate surface area is 101 Å². The molecule has 2 rings (SSSR count). The summed E-state index contributed by atoms with van der Waals surface area (Å²) in [7, 11) is 4.20. The van der Waals surface area contributed by atoms with E-state index >= 15 is 0 Å². The predicted octanol–water partition coefficient (Wildman–Crippen LogP) is 0.255.